The molecule has 1 atom stereocenters. The Kier molecular flexibility index (Phi) is 8.26. The van der Waals surface area contributed by atoms with Crippen LogP contribution in [0.1, 0.15) is 38.3 Å². The van der Waals surface area contributed by atoms with E-state index < -0.39 is 22.6 Å². The molecule has 8 heteroatoms. The van der Waals surface area contributed by atoms with Crippen LogP contribution in [0, 0.1) is 17.2 Å². The van der Waals surface area contributed by atoms with E-state index in [1.807, 2.05) is 12.1 Å². The molecule has 182 valence electrons. The third-order valence-electron chi connectivity index (χ3n) is 5.74. The maximum atomic E-state index is 13.0. The molecule has 0 aromatic heterocycles. The third kappa shape index (κ3) is 6.72. The molecular weight excluding hydrogens is 450 g/mol. The molecule has 0 amide bonds. The van der Waals surface area contributed by atoms with Gasteiger partial charge in [0.05, 0.1) is 20.8 Å². The zero-order valence-corrected chi connectivity index (χ0v) is 23.8. The molecule has 1 aromatic carbocycles. The van der Waals surface area contributed by atoms with Gasteiger partial charge in [-0.2, -0.15) is 5.26 Å². The first-order valence-electron chi connectivity index (χ1n) is 11.4. The molecule has 0 N–H and O–H groups in total. The van der Waals surface area contributed by atoms with E-state index >= 15 is 0 Å². The van der Waals surface area contributed by atoms with E-state index in [1.54, 1.807) is 14.2 Å². The smallest absolute Gasteiger partial charge is 0.349 e. The minimum atomic E-state index is -1.85. The largest absolute Gasteiger partial charge is 0.493 e. The Hall–Kier alpha value is -2.09. The van der Waals surface area contributed by atoms with Crippen LogP contribution in [0.2, 0.25) is 38.8 Å². The molecule has 6 nitrogen and oxygen atoms in total. The summed E-state index contributed by atoms with van der Waals surface area (Å²) in [5, 5.41) is 9.89. The third-order valence-corrected chi connectivity index (χ3v) is 12.1. The zero-order valence-electron chi connectivity index (χ0n) is 21.8. The fourth-order valence-corrected chi connectivity index (χ4v) is 13.6. The zero-order chi connectivity index (χ0) is 25.2. The molecule has 1 aliphatic rings. The normalized spacial score (nSPS) is 17.6. The highest BCUT2D eigenvalue weighted by Crippen LogP contribution is 2.50. The Balaban J connectivity index is 2.26. The topological polar surface area (TPSA) is 77.8 Å². The number of hydrogen-bond donors (Lipinski definition) is 0. The number of fused-ring (bicyclic) bond motifs is 1. The van der Waals surface area contributed by atoms with Crippen LogP contribution in [-0.2, 0) is 19.1 Å². The summed E-state index contributed by atoms with van der Waals surface area (Å²) in [6, 6.07) is 6.81. The van der Waals surface area contributed by atoms with E-state index in [9.17, 15) is 10.1 Å². The van der Waals surface area contributed by atoms with Gasteiger partial charge in [0.15, 0.2) is 28.1 Å². The number of allylic oxidation sites excluding steroid dienone is 1. The average Bonchev–Trinajstić information content (AvgIpc) is 2.93. The summed E-state index contributed by atoms with van der Waals surface area (Å²) < 4.78 is 23.0. The van der Waals surface area contributed by atoms with Gasteiger partial charge < -0.3 is 18.3 Å². The summed E-state index contributed by atoms with van der Waals surface area (Å²) in [5.74, 6) is 0.796. The Labute approximate surface area is 201 Å². The summed E-state index contributed by atoms with van der Waals surface area (Å²) in [5.41, 5.74) is 2.39. The number of nitrogens with zero attached hydrogens (tertiary/aromatic N) is 1. The van der Waals surface area contributed by atoms with Gasteiger partial charge in [0.1, 0.15) is 11.6 Å². The molecule has 1 aromatic rings. The van der Waals surface area contributed by atoms with E-state index in [-0.39, 0.29) is 23.5 Å². The fourth-order valence-electron chi connectivity index (χ4n) is 4.84. The van der Waals surface area contributed by atoms with E-state index in [4.69, 9.17) is 18.3 Å². The number of rotatable bonds is 9. The second kappa shape index (κ2) is 10.0. The predicted octanol–water partition coefficient (Wildman–Crippen LogP) is 5.90. The molecule has 0 bridgehead atoms. The molecule has 0 heterocycles. The van der Waals surface area contributed by atoms with Crippen LogP contribution in [0.15, 0.2) is 17.7 Å². The lowest BCUT2D eigenvalue weighted by atomic mass is 9.86. The Bertz CT molecular complexity index is 970. The molecule has 0 saturated carbocycles. The predicted molar refractivity (Wildman–Crippen MR) is 137 cm³/mol. The van der Waals surface area contributed by atoms with Crippen LogP contribution in [0.4, 0.5) is 0 Å². The lowest BCUT2D eigenvalue weighted by Crippen LogP contribution is -2.43. The van der Waals surface area contributed by atoms with Crippen LogP contribution in [0.5, 0.6) is 11.5 Å². The molecule has 0 spiro atoms. The van der Waals surface area contributed by atoms with Crippen molar-refractivity contribution < 1.29 is 23.1 Å². The van der Waals surface area contributed by atoms with Crippen molar-refractivity contribution in [2.45, 2.75) is 71.4 Å². The molecule has 0 fully saturated rings. The summed E-state index contributed by atoms with van der Waals surface area (Å²) >= 11 is 0. The highest BCUT2D eigenvalue weighted by atomic mass is 28.4. The second-order valence-corrected chi connectivity index (χ2v) is 20.1. The van der Waals surface area contributed by atoms with E-state index in [0.717, 1.165) is 17.2 Å². The number of carbonyl (C=O) groups excluding carboxylic acids is 1. The van der Waals surface area contributed by atoms with Gasteiger partial charge in [-0.05, 0) is 85.4 Å². The lowest BCUT2D eigenvalue weighted by molar-refractivity contribution is -0.139. The summed E-state index contributed by atoms with van der Waals surface area (Å²) in [6.07, 6.45) is 0.566. The monoisotopic (exact) mass is 489 g/mol. The van der Waals surface area contributed by atoms with Crippen molar-refractivity contribution in [3.8, 4) is 17.6 Å². The van der Waals surface area contributed by atoms with Gasteiger partial charge in [0.25, 0.3) is 0 Å². The average molecular weight is 490 g/mol. The number of benzene rings is 1. The first-order valence-corrected chi connectivity index (χ1v) is 17.9. The molecule has 0 aliphatic heterocycles. The SMILES string of the molecule is COc1cc2c(cc1OC)C(C)(C)C/C2=C(/C#N)C(=O)OCC(C)C[Si](C)(C)O[Si](C)(C)C. The summed E-state index contributed by atoms with van der Waals surface area (Å²) in [7, 11) is -0.304. The summed E-state index contributed by atoms with van der Waals surface area (Å²) in [4.78, 5) is 13.0. The van der Waals surface area contributed by atoms with Crippen molar-refractivity contribution in [2.24, 2.45) is 5.92 Å². The number of esters is 1. The summed E-state index contributed by atoms with van der Waals surface area (Å²) in [6.45, 7) is 17.6. The second-order valence-electron chi connectivity index (χ2n) is 11.2. The maximum Gasteiger partial charge on any atom is 0.349 e. The van der Waals surface area contributed by atoms with Gasteiger partial charge in [-0.15, -0.1) is 0 Å². The first kappa shape index (κ1) is 27.2. The molecular formula is C25H39NO5Si2. The van der Waals surface area contributed by atoms with Gasteiger partial charge in [-0.25, -0.2) is 4.79 Å². The number of nitriles is 1. The lowest BCUT2D eigenvalue weighted by Gasteiger charge is -2.33. The minimum Gasteiger partial charge on any atom is -0.493 e. The van der Waals surface area contributed by atoms with E-state index in [1.165, 1.54) is 0 Å². The number of hydrogen-bond acceptors (Lipinski definition) is 6. The van der Waals surface area contributed by atoms with Gasteiger partial charge in [0.2, 0.25) is 0 Å². The molecule has 33 heavy (non-hydrogen) atoms. The quantitative estimate of drug-likeness (QED) is 0.186. The molecule has 0 saturated heterocycles. The van der Waals surface area contributed by atoms with Crippen LogP contribution in [0.25, 0.3) is 5.57 Å². The van der Waals surface area contributed by atoms with Gasteiger partial charge in [0, 0.05) is 0 Å². The van der Waals surface area contributed by atoms with Crippen LogP contribution in [0.3, 0.4) is 0 Å². The highest BCUT2D eigenvalue weighted by Gasteiger charge is 2.38. The van der Waals surface area contributed by atoms with E-state index in [2.05, 4.69) is 59.6 Å². The van der Waals surface area contributed by atoms with Gasteiger partial charge in [-0.3, -0.25) is 0 Å². The van der Waals surface area contributed by atoms with Crippen molar-refractivity contribution in [2.75, 3.05) is 20.8 Å². The highest BCUT2D eigenvalue weighted by molar-refractivity contribution is 6.84. The Morgan fingerprint density at radius 2 is 1.70 bits per heavy atom. The molecule has 1 aliphatic carbocycles. The standard InChI is InChI=1S/C25H39NO5Si2/c1-17(16-33(9,10)31-32(6,7)8)15-30-24(27)20(14-26)19-13-25(2,3)21-12-23(29-5)22(28-4)11-18(19)21/h11-12,17H,13,15-16H2,1-10H3/b20-19+. The Morgan fingerprint density at radius 1 is 1.12 bits per heavy atom. The van der Waals surface area contributed by atoms with Gasteiger partial charge >= 0.3 is 5.97 Å². The van der Waals surface area contributed by atoms with Crippen molar-refractivity contribution in [1.82, 2.24) is 0 Å². The van der Waals surface area contributed by atoms with Crippen molar-refractivity contribution in [3.05, 3.63) is 28.8 Å². The minimum absolute atomic E-state index is 0.0658. The van der Waals surface area contributed by atoms with Crippen molar-refractivity contribution in [3.63, 3.8) is 0 Å². The van der Waals surface area contributed by atoms with Crippen molar-refractivity contribution >= 4 is 28.2 Å². The fraction of sp³-hybridized carbons (Fsp3) is 0.600. The number of methoxy groups -OCH3 is 2. The van der Waals surface area contributed by atoms with E-state index in [0.29, 0.717) is 23.5 Å². The first-order chi connectivity index (χ1) is 15.1. The molecule has 2 rings (SSSR count). The number of carbonyl (C=O) groups is 1. The van der Waals surface area contributed by atoms with Crippen molar-refractivity contribution in [1.29, 1.82) is 5.26 Å². The molecule has 0 radical (unpaired) electrons. The van der Waals surface area contributed by atoms with Gasteiger partial charge in [-0.1, -0.05) is 20.8 Å². The van der Waals surface area contributed by atoms with Crippen LogP contribution >= 0.6 is 0 Å². The maximum absolute atomic E-state index is 13.0. The molecule has 1 unspecified atom stereocenters. The number of ether oxygens (including phenoxy) is 3. The Morgan fingerprint density at radius 3 is 2.21 bits per heavy atom. The van der Waals surface area contributed by atoms with Crippen LogP contribution in [-0.4, -0.2) is 43.4 Å². The van der Waals surface area contributed by atoms with Crippen LogP contribution < -0.4 is 9.47 Å².